The van der Waals surface area contributed by atoms with Crippen LogP contribution in [0.4, 0.5) is 0 Å². The molecule has 21 heavy (non-hydrogen) atoms. The Morgan fingerprint density at radius 3 is 2.67 bits per heavy atom. The van der Waals surface area contributed by atoms with Crippen LogP contribution in [0.3, 0.4) is 0 Å². The quantitative estimate of drug-likeness (QED) is 0.831. The molecule has 0 fully saturated rings. The average Bonchev–Trinajstić information content (AvgIpc) is 2.84. The molecule has 0 unspecified atom stereocenters. The van der Waals surface area contributed by atoms with Crippen molar-refractivity contribution in [3.05, 3.63) is 47.3 Å². The number of aromatic nitrogens is 2. The number of rotatable bonds is 6. The minimum atomic E-state index is -3.50. The molecule has 2 aromatic rings. The van der Waals surface area contributed by atoms with E-state index in [1.54, 1.807) is 29.1 Å². The van der Waals surface area contributed by atoms with Gasteiger partial charge in [0.05, 0.1) is 17.6 Å². The Bertz CT molecular complexity index is 722. The molecule has 0 aliphatic rings. The van der Waals surface area contributed by atoms with Gasteiger partial charge in [-0.05, 0) is 42.7 Å². The SMILES string of the molecule is Cc1cnn(CCNS(=O)(=O)c2ccc(CN)c(C)c2)c1. The van der Waals surface area contributed by atoms with E-state index < -0.39 is 10.0 Å². The first-order valence-electron chi connectivity index (χ1n) is 6.70. The van der Waals surface area contributed by atoms with Gasteiger partial charge in [-0.25, -0.2) is 13.1 Å². The maximum Gasteiger partial charge on any atom is 0.240 e. The van der Waals surface area contributed by atoms with Crippen LogP contribution in [0.5, 0.6) is 0 Å². The van der Waals surface area contributed by atoms with E-state index >= 15 is 0 Å². The topological polar surface area (TPSA) is 90.0 Å². The van der Waals surface area contributed by atoms with Crippen molar-refractivity contribution >= 4 is 10.0 Å². The summed E-state index contributed by atoms with van der Waals surface area (Å²) in [7, 11) is -3.50. The number of nitrogens with one attached hydrogen (secondary N) is 1. The van der Waals surface area contributed by atoms with E-state index in [2.05, 4.69) is 9.82 Å². The van der Waals surface area contributed by atoms with Gasteiger partial charge < -0.3 is 5.73 Å². The number of nitrogens with zero attached hydrogens (tertiary/aromatic N) is 2. The zero-order chi connectivity index (χ0) is 15.5. The highest BCUT2D eigenvalue weighted by Crippen LogP contribution is 2.14. The lowest BCUT2D eigenvalue weighted by atomic mass is 10.1. The Kier molecular flexibility index (Phi) is 4.76. The highest BCUT2D eigenvalue weighted by molar-refractivity contribution is 7.89. The zero-order valence-corrected chi connectivity index (χ0v) is 13.0. The van der Waals surface area contributed by atoms with Crippen LogP contribution in [0.25, 0.3) is 0 Å². The maximum atomic E-state index is 12.2. The Morgan fingerprint density at radius 2 is 2.10 bits per heavy atom. The van der Waals surface area contributed by atoms with E-state index in [0.29, 0.717) is 19.6 Å². The number of benzene rings is 1. The molecule has 3 N–H and O–H groups in total. The number of nitrogens with two attached hydrogens (primary N) is 1. The molecule has 1 heterocycles. The summed E-state index contributed by atoms with van der Waals surface area (Å²) in [6, 6.07) is 4.97. The standard InChI is InChI=1S/C14H20N4O2S/c1-11-9-16-18(10-11)6-5-17-21(19,20)14-4-3-13(8-15)12(2)7-14/h3-4,7,9-10,17H,5-6,8,15H2,1-2H3. The molecule has 2 rings (SSSR count). The van der Waals surface area contributed by atoms with Gasteiger partial charge in [0.15, 0.2) is 0 Å². The van der Waals surface area contributed by atoms with Gasteiger partial charge in [0.25, 0.3) is 0 Å². The van der Waals surface area contributed by atoms with Gasteiger partial charge in [-0.3, -0.25) is 4.68 Å². The molecule has 0 bridgehead atoms. The van der Waals surface area contributed by atoms with Crippen LogP contribution < -0.4 is 10.5 Å². The minimum Gasteiger partial charge on any atom is -0.326 e. The average molecular weight is 308 g/mol. The minimum absolute atomic E-state index is 0.258. The molecule has 0 aliphatic heterocycles. The summed E-state index contributed by atoms with van der Waals surface area (Å²) in [5.41, 5.74) is 8.45. The number of hydrogen-bond acceptors (Lipinski definition) is 4. The summed E-state index contributed by atoms with van der Waals surface area (Å²) in [6.07, 6.45) is 3.61. The summed E-state index contributed by atoms with van der Waals surface area (Å²) in [4.78, 5) is 0.258. The van der Waals surface area contributed by atoms with E-state index in [4.69, 9.17) is 5.73 Å². The predicted octanol–water partition coefficient (Wildman–Crippen LogP) is 0.937. The first-order valence-corrected chi connectivity index (χ1v) is 8.19. The normalized spacial score (nSPS) is 11.8. The molecule has 0 radical (unpaired) electrons. The molecule has 0 amide bonds. The third kappa shape index (κ3) is 3.90. The van der Waals surface area contributed by atoms with Crippen LogP contribution in [-0.2, 0) is 23.1 Å². The van der Waals surface area contributed by atoms with Crippen molar-refractivity contribution in [1.82, 2.24) is 14.5 Å². The fourth-order valence-electron chi connectivity index (χ4n) is 2.03. The zero-order valence-electron chi connectivity index (χ0n) is 12.2. The Morgan fingerprint density at radius 1 is 1.33 bits per heavy atom. The highest BCUT2D eigenvalue weighted by Gasteiger charge is 2.14. The number of hydrogen-bond donors (Lipinski definition) is 2. The monoisotopic (exact) mass is 308 g/mol. The van der Waals surface area contributed by atoms with Crippen LogP contribution in [0.2, 0.25) is 0 Å². The predicted molar refractivity (Wildman–Crippen MR) is 81.2 cm³/mol. The van der Waals surface area contributed by atoms with E-state index in [-0.39, 0.29) is 4.90 Å². The molecule has 0 aliphatic carbocycles. The van der Waals surface area contributed by atoms with Crippen molar-refractivity contribution in [3.8, 4) is 0 Å². The van der Waals surface area contributed by atoms with E-state index in [1.165, 1.54) is 0 Å². The van der Waals surface area contributed by atoms with Crippen molar-refractivity contribution in [2.75, 3.05) is 6.54 Å². The Labute approximate surface area is 125 Å². The second-order valence-electron chi connectivity index (χ2n) is 4.97. The van der Waals surface area contributed by atoms with Crippen LogP contribution >= 0.6 is 0 Å². The molecular formula is C14H20N4O2S. The lowest BCUT2D eigenvalue weighted by molar-refractivity contribution is 0.560. The van der Waals surface area contributed by atoms with Crippen molar-refractivity contribution in [2.24, 2.45) is 5.73 Å². The smallest absolute Gasteiger partial charge is 0.240 e. The maximum absolute atomic E-state index is 12.2. The van der Waals surface area contributed by atoms with Crippen LogP contribution in [0.15, 0.2) is 35.5 Å². The summed E-state index contributed by atoms with van der Waals surface area (Å²) in [5, 5.41) is 4.11. The molecule has 1 aromatic heterocycles. The van der Waals surface area contributed by atoms with Gasteiger partial charge >= 0.3 is 0 Å². The fraction of sp³-hybridized carbons (Fsp3) is 0.357. The molecule has 0 saturated heterocycles. The first kappa shape index (κ1) is 15.7. The van der Waals surface area contributed by atoms with Crippen molar-refractivity contribution in [2.45, 2.75) is 31.8 Å². The third-order valence-corrected chi connectivity index (χ3v) is 4.70. The Balaban J connectivity index is 2.02. The van der Waals surface area contributed by atoms with Gasteiger partial charge in [-0.1, -0.05) is 6.07 Å². The molecule has 1 aromatic carbocycles. The molecule has 0 saturated carbocycles. The first-order chi connectivity index (χ1) is 9.92. The van der Waals surface area contributed by atoms with Crippen molar-refractivity contribution < 1.29 is 8.42 Å². The summed E-state index contributed by atoms with van der Waals surface area (Å²) >= 11 is 0. The summed E-state index contributed by atoms with van der Waals surface area (Å²) in [5.74, 6) is 0. The van der Waals surface area contributed by atoms with E-state index in [1.807, 2.05) is 20.0 Å². The van der Waals surface area contributed by atoms with Crippen molar-refractivity contribution in [3.63, 3.8) is 0 Å². The largest absolute Gasteiger partial charge is 0.326 e. The number of aryl methyl sites for hydroxylation is 2. The van der Waals surface area contributed by atoms with E-state index in [0.717, 1.165) is 16.7 Å². The third-order valence-electron chi connectivity index (χ3n) is 3.24. The second kappa shape index (κ2) is 6.38. The van der Waals surface area contributed by atoms with Crippen LogP contribution in [0.1, 0.15) is 16.7 Å². The van der Waals surface area contributed by atoms with Gasteiger partial charge in [0, 0.05) is 19.3 Å². The van der Waals surface area contributed by atoms with Crippen molar-refractivity contribution in [1.29, 1.82) is 0 Å². The summed E-state index contributed by atoms with van der Waals surface area (Å²) in [6.45, 7) is 4.98. The molecule has 6 nitrogen and oxygen atoms in total. The Hall–Kier alpha value is -1.70. The molecule has 114 valence electrons. The van der Waals surface area contributed by atoms with Gasteiger partial charge in [-0.2, -0.15) is 5.10 Å². The lowest BCUT2D eigenvalue weighted by Gasteiger charge is -2.09. The van der Waals surface area contributed by atoms with Crippen LogP contribution in [-0.4, -0.2) is 24.7 Å². The molecule has 0 atom stereocenters. The van der Waals surface area contributed by atoms with Gasteiger partial charge in [0.2, 0.25) is 10.0 Å². The molecular weight excluding hydrogens is 288 g/mol. The van der Waals surface area contributed by atoms with Crippen LogP contribution in [0, 0.1) is 13.8 Å². The highest BCUT2D eigenvalue weighted by atomic mass is 32.2. The molecule has 7 heteroatoms. The summed E-state index contributed by atoms with van der Waals surface area (Å²) < 4.78 is 28.7. The van der Waals surface area contributed by atoms with Gasteiger partial charge in [0.1, 0.15) is 0 Å². The fourth-order valence-corrected chi connectivity index (χ4v) is 3.14. The molecule has 0 spiro atoms. The van der Waals surface area contributed by atoms with E-state index in [9.17, 15) is 8.42 Å². The lowest BCUT2D eigenvalue weighted by Crippen LogP contribution is -2.27. The van der Waals surface area contributed by atoms with Gasteiger partial charge in [-0.15, -0.1) is 0 Å². The number of sulfonamides is 1. The second-order valence-corrected chi connectivity index (χ2v) is 6.74.